The Bertz CT molecular complexity index is 325. The van der Waals surface area contributed by atoms with Gasteiger partial charge < -0.3 is 15.2 Å². The van der Waals surface area contributed by atoms with Crippen LogP contribution in [0.25, 0.3) is 0 Å². The van der Waals surface area contributed by atoms with E-state index in [4.69, 9.17) is 9.84 Å². The molecule has 0 spiro atoms. The van der Waals surface area contributed by atoms with Crippen LogP contribution in [0.15, 0.2) is 18.2 Å². The van der Waals surface area contributed by atoms with Crippen molar-refractivity contribution in [3.05, 3.63) is 35.9 Å². The molecule has 4 heteroatoms. The van der Waals surface area contributed by atoms with Gasteiger partial charge in [-0.15, -0.1) is 0 Å². The molecule has 2 rings (SSSR count). The number of alkyl carbamates (subject to hydrolysis) is 1. The van der Waals surface area contributed by atoms with Gasteiger partial charge in [-0.1, -0.05) is 12.1 Å². The predicted octanol–water partition coefficient (Wildman–Crippen LogP) is 0.429. The number of amides is 1. The van der Waals surface area contributed by atoms with Gasteiger partial charge in [0, 0.05) is 5.56 Å². The Morgan fingerprint density at radius 2 is 2.43 bits per heavy atom. The molecular weight excluding hydrogens is 182 g/mol. The Balaban J connectivity index is 2.22. The van der Waals surface area contributed by atoms with Crippen molar-refractivity contribution in [3.63, 3.8) is 0 Å². The van der Waals surface area contributed by atoms with Crippen molar-refractivity contribution in [2.75, 3.05) is 6.61 Å². The Kier molecular flexibility index (Phi) is 2.25. The minimum absolute atomic E-state index is 0.144. The molecule has 0 saturated carbocycles. The van der Waals surface area contributed by atoms with Crippen LogP contribution in [-0.4, -0.2) is 23.8 Å². The maximum Gasteiger partial charge on any atom is 0.408 e. The molecule has 0 aromatic heterocycles. The third-order valence-corrected chi connectivity index (χ3v) is 2.11. The number of ether oxygens (including phenoxy) is 1. The van der Waals surface area contributed by atoms with Crippen LogP contribution in [0.1, 0.15) is 11.7 Å². The van der Waals surface area contributed by atoms with E-state index < -0.39 is 12.2 Å². The standard InChI is InChI=1S/C10H9NO3/c12-6-8-9(14-10(13)11-8)7-4-2-1-3-5-7/h2,4-5,8-9,12H,6H2,(H,11,13)/t8-,9-/m1/s1. The number of hydrogen-bond acceptors (Lipinski definition) is 3. The van der Waals surface area contributed by atoms with Gasteiger partial charge in [0.15, 0.2) is 6.10 Å². The van der Waals surface area contributed by atoms with Gasteiger partial charge in [0.05, 0.1) is 12.6 Å². The van der Waals surface area contributed by atoms with E-state index in [0.29, 0.717) is 0 Å². The van der Waals surface area contributed by atoms with Crippen molar-refractivity contribution in [3.8, 4) is 0 Å². The molecule has 0 radical (unpaired) electrons. The Morgan fingerprint density at radius 3 is 3.07 bits per heavy atom. The summed E-state index contributed by atoms with van der Waals surface area (Å²) in [6.45, 7) is -0.144. The molecule has 14 heavy (non-hydrogen) atoms. The van der Waals surface area contributed by atoms with E-state index in [-0.39, 0.29) is 12.6 Å². The fourth-order valence-electron chi connectivity index (χ4n) is 1.44. The van der Waals surface area contributed by atoms with Crippen LogP contribution in [0.3, 0.4) is 0 Å². The third-order valence-electron chi connectivity index (χ3n) is 2.11. The molecule has 1 aromatic rings. The number of aliphatic hydroxyl groups excluding tert-OH is 1. The van der Waals surface area contributed by atoms with Crippen LogP contribution in [0.4, 0.5) is 4.79 Å². The van der Waals surface area contributed by atoms with E-state index in [1.54, 1.807) is 18.2 Å². The predicted molar refractivity (Wildman–Crippen MR) is 47.3 cm³/mol. The highest BCUT2D eigenvalue weighted by Gasteiger charge is 2.34. The first kappa shape index (κ1) is 8.85. The lowest BCUT2D eigenvalue weighted by atomic mass is 10.0. The summed E-state index contributed by atoms with van der Waals surface area (Å²) in [5.74, 6) is 0. The van der Waals surface area contributed by atoms with E-state index in [9.17, 15) is 4.79 Å². The minimum Gasteiger partial charge on any atom is -0.439 e. The van der Waals surface area contributed by atoms with Crippen molar-refractivity contribution in [2.45, 2.75) is 12.1 Å². The second kappa shape index (κ2) is 3.56. The van der Waals surface area contributed by atoms with Gasteiger partial charge in [-0.25, -0.2) is 4.79 Å². The fourth-order valence-corrected chi connectivity index (χ4v) is 1.44. The Morgan fingerprint density at radius 1 is 1.57 bits per heavy atom. The molecule has 1 saturated heterocycles. The molecule has 1 aromatic carbocycles. The molecule has 1 amide bonds. The van der Waals surface area contributed by atoms with Crippen molar-refractivity contribution in [2.24, 2.45) is 0 Å². The summed E-state index contributed by atoms with van der Waals surface area (Å²) in [5.41, 5.74) is 0.807. The van der Waals surface area contributed by atoms with Crippen molar-refractivity contribution >= 4 is 6.09 Å². The summed E-state index contributed by atoms with van der Waals surface area (Å²) in [6.07, 6.45) is -0.930. The normalized spacial score (nSPS) is 25.1. The van der Waals surface area contributed by atoms with Crippen molar-refractivity contribution in [1.82, 2.24) is 5.32 Å². The molecule has 2 N–H and O–H groups in total. The highest BCUT2D eigenvalue weighted by molar-refractivity contribution is 5.70. The van der Waals surface area contributed by atoms with Crippen molar-refractivity contribution in [1.29, 1.82) is 0 Å². The van der Waals surface area contributed by atoms with Crippen molar-refractivity contribution < 1.29 is 14.6 Å². The number of rotatable bonds is 2. The molecule has 1 fully saturated rings. The number of hydrogen-bond donors (Lipinski definition) is 2. The molecule has 0 unspecified atom stereocenters. The first-order valence-corrected chi connectivity index (χ1v) is 4.27. The first-order chi connectivity index (χ1) is 6.81. The smallest absolute Gasteiger partial charge is 0.408 e. The SMILES string of the molecule is O=C1N[C@H](CO)[C@@H](c2cc#ccc2)O1. The minimum atomic E-state index is -0.498. The number of nitrogens with one attached hydrogen (secondary N) is 1. The van der Waals surface area contributed by atoms with Crippen LogP contribution >= 0.6 is 0 Å². The summed E-state index contributed by atoms with van der Waals surface area (Å²) in [4.78, 5) is 10.9. The zero-order valence-electron chi connectivity index (χ0n) is 7.36. The molecule has 0 aliphatic carbocycles. The number of carbonyl (C=O) groups is 1. The van der Waals surface area contributed by atoms with E-state index in [2.05, 4.69) is 17.4 Å². The summed E-state index contributed by atoms with van der Waals surface area (Å²) < 4.78 is 5.01. The zero-order chi connectivity index (χ0) is 9.97. The quantitative estimate of drug-likeness (QED) is 0.712. The molecule has 4 nitrogen and oxygen atoms in total. The highest BCUT2D eigenvalue weighted by Crippen LogP contribution is 2.24. The average molecular weight is 191 g/mol. The van der Waals surface area contributed by atoms with Gasteiger partial charge in [0.25, 0.3) is 0 Å². The maximum atomic E-state index is 10.9. The van der Waals surface area contributed by atoms with Gasteiger partial charge in [0.1, 0.15) is 0 Å². The fraction of sp³-hybridized carbons (Fsp3) is 0.300. The first-order valence-electron chi connectivity index (χ1n) is 4.27. The lowest BCUT2D eigenvalue weighted by Gasteiger charge is -2.13. The summed E-state index contributed by atoms with van der Waals surface area (Å²) in [6, 6.07) is 10.3. The van der Waals surface area contributed by atoms with Gasteiger partial charge in [-0.3, -0.25) is 0 Å². The molecule has 0 bridgehead atoms. The molecule has 2 atom stereocenters. The molecule has 1 heterocycles. The molecule has 1 aliphatic rings. The van der Waals surface area contributed by atoms with E-state index in [1.165, 1.54) is 0 Å². The summed E-state index contributed by atoms with van der Waals surface area (Å²) >= 11 is 0. The van der Waals surface area contributed by atoms with Crippen LogP contribution in [-0.2, 0) is 4.74 Å². The van der Waals surface area contributed by atoms with Gasteiger partial charge in [-0.2, -0.15) is 0 Å². The van der Waals surface area contributed by atoms with Crippen LogP contribution in [0.2, 0.25) is 0 Å². The van der Waals surface area contributed by atoms with Gasteiger partial charge in [-0.05, 0) is 18.2 Å². The Hall–Kier alpha value is -1.73. The second-order valence-electron chi connectivity index (χ2n) is 3.03. The molecule has 72 valence electrons. The monoisotopic (exact) mass is 191 g/mol. The van der Waals surface area contributed by atoms with Gasteiger partial charge in [0.2, 0.25) is 0 Å². The number of carbonyl (C=O) groups excluding carboxylic acids is 1. The van der Waals surface area contributed by atoms with Gasteiger partial charge >= 0.3 is 6.09 Å². The third kappa shape index (κ3) is 1.50. The second-order valence-corrected chi connectivity index (χ2v) is 3.03. The zero-order valence-corrected chi connectivity index (χ0v) is 7.36. The lowest BCUT2D eigenvalue weighted by molar-refractivity contribution is 0.119. The highest BCUT2D eigenvalue weighted by atomic mass is 16.6. The van der Waals surface area contributed by atoms with Crippen LogP contribution < -0.4 is 5.32 Å². The van der Waals surface area contributed by atoms with E-state index >= 15 is 0 Å². The molecule has 1 aliphatic heterocycles. The number of aliphatic hydroxyl groups is 1. The van der Waals surface area contributed by atoms with E-state index in [1.807, 2.05) is 0 Å². The summed E-state index contributed by atoms with van der Waals surface area (Å²) in [7, 11) is 0. The topological polar surface area (TPSA) is 58.6 Å². The Labute approximate surface area is 81.5 Å². The largest absolute Gasteiger partial charge is 0.439 e. The van der Waals surface area contributed by atoms with E-state index in [0.717, 1.165) is 5.56 Å². The molecular formula is C10H9NO3. The van der Waals surface area contributed by atoms with Crippen LogP contribution in [0.5, 0.6) is 0 Å². The summed E-state index contributed by atoms with van der Waals surface area (Å²) in [5, 5.41) is 11.5. The lowest BCUT2D eigenvalue weighted by Crippen LogP contribution is -2.31. The van der Waals surface area contributed by atoms with Crippen LogP contribution in [0, 0.1) is 12.1 Å². The number of cyclic esters (lactones) is 1. The average Bonchev–Trinajstić information content (AvgIpc) is 2.61. The maximum absolute atomic E-state index is 10.9.